The van der Waals surface area contributed by atoms with Crippen molar-refractivity contribution in [2.45, 2.75) is 57.5 Å². The molecule has 2 fully saturated rings. The number of carbonyl (C=O) groups is 2. The lowest BCUT2D eigenvalue weighted by molar-refractivity contribution is -0.123. The van der Waals surface area contributed by atoms with Crippen molar-refractivity contribution >= 4 is 17.5 Å². The molecule has 0 aliphatic carbocycles. The first-order valence-electron chi connectivity index (χ1n) is 8.98. The molecule has 0 aromatic heterocycles. The number of imide groups is 1. The van der Waals surface area contributed by atoms with Crippen LogP contribution in [0.1, 0.15) is 44.6 Å². The summed E-state index contributed by atoms with van der Waals surface area (Å²) in [6, 6.07) is 7.49. The zero-order chi connectivity index (χ0) is 17.1. The molecule has 0 bridgehead atoms. The van der Waals surface area contributed by atoms with Crippen molar-refractivity contribution in [1.29, 1.82) is 0 Å². The monoisotopic (exact) mass is 330 g/mol. The Hall–Kier alpha value is -1.72. The third-order valence-electron chi connectivity index (χ3n) is 5.26. The molecule has 24 heavy (non-hydrogen) atoms. The van der Waals surface area contributed by atoms with Crippen molar-refractivity contribution in [1.82, 2.24) is 4.90 Å². The molecule has 0 unspecified atom stereocenters. The molecule has 0 spiro atoms. The van der Waals surface area contributed by atoms with E-state index in [1.54, 1.807) is 0 Å². The topological polar surface area (TPSA) is 60.9 Å². The number of amides is 2. The minimum absolute atomic E-state index is 0.117. The Bertz CT molecular complexity index is 597. The predicted molar refractivity (Wildman–Crippen MR) is 92.8 cm³/mol. The normalized spacial score (nSPS) is 25.5. The first-order chi connectivity index (χ1) is 11.7. The summed E-state index contributed by atoms with van der Waals surface area (Å²) in [5.41, 5.74) is 1.86. The Morgan fingerprint density at radius 1 is 1.17 bits per heavy atom. The van der Waals surface area contributed by atoms with E-state index in [4.69, 9.17) is 0 Å². The van der Waals surface area contributed by atoms with Gasteiger partial charge in [-0.05, 0) is 49.9 Å². The number of aliphatic hydroxyl groups excluding tert-OH is 1. The molecular formula is C19H26N2O3. The number of hydrogen-bond acceptors (Lipinski definition) is 4. The van der Waals surface area contributed by atoms with Gasteiger partial charge in [0.05, 0.1) is 18.2 Å². The lowest BCUT2D eigenvalue weighted by atomic mass is 9.97. The van der Waals surface area contributed by atoms with Gasteiger partial charge in [-0.3, -0.25) is 14.5 Å². The Kier molecular flexibility index (Phi) is 5.31. The molecule has 130 valence electrons. The summed E-state index contributed by atoms with van der Waals surface area (Å²) in [4.78, 5) is 28.9. The second-order valence-corrected chi connectivity index (χ2v) is 6.71. The van der Waals surface area contributed by atoms with E-state index >= 15 is 0 Å². The van der Waals surface area contributed by atoms with Crippen LogP contribution < -0.4 is 4.90 Å². The summed E-state index contributed by atoms with van der Waals surface area (Å²) in [6.07, 6.45) is 5.01. The number of aliphatic hydroxyl groups is 1. The third-order valence-corrected chi connectivity index (χ3v) is 5.26. The highest BCUT2D eigenvalue weighted by atomic mass is 16.3. The summed E-state index contributed by atoms with van der Waals surface area (Å²) in [6.45, 7) is 3.03. The highest BCUT2D eigenvalue weighted by Crippen LogP contribution is 2.30. The molecule has 0 radical (unpaired) electrons. The van der Waals surface area contributed by atoms with Crippen LogP contribution >= 0.6 is 0 Å². The van der Waals surface area contributed by atoms with Crippen LogP contribution in [-0.4, -0.2) is 47.1 Å². The van der Waals surface area contributed by atoms with Gasteiger partial charge in [-0.2, -0.15) is 0 Å². The molecule has 2 amide bonds. The van der Waals surface area contributed by atoms with Gasteiger partial charge >= 0.3 is 0 Å². The fraction of sp³-hybridized carbons (Fsp3) is 0.579. The summed E-state index contributed by atoms with van der Waals surface area (Å²) >= 11 is 0. The maximum absolute atomic E-state index is 12.9. The maximum Gasteiger partial charge on any atom is 0.251 e. The molecule has 5 nitrogen and oxygen atoms in total. The minimum Gasteiger partial charge on any atom is -0.396 e. The van der Waals surface area contributed by atoms with Gasteiger partial charge in [-0.1, -0.05) is 25.5 Å². The Labute approximate surface area is 143 Å². The van der Waals surface area contributed by atoms with Gasteiger partial charge in [-0.15, -0.1) is 0 Å². The molecule has 0 saturated carbocycles. The summed E-state index contributed by atoms with van der Waals surface area (Å²) in [5, 5.41) is 9.29. The number of likely N-dealkylation sites (tertiary alicyclic amines) is 1. The Morgan fingerprint density at radius 3 is 2.58 bits per heavy atom. The minimum atomic E-state index is -0.375. The molecule has 1 aromatic rings. The molecule has 2 aliphatic rings. The van der Waals surface area contributed by atoms with E-state index in [1.165, 1.54) is 10.5 Å². The van der Waals surface area contributed by atoms with Gasteiger partial charge < -0.3 is 5.11 Å². The average Bonchev–Trinajstić information content (AvgIpc) is 2.90. The van der Waals surface area contributed by atoms with Crippen LogP contribution in [0.4, 0.5) is 5.69 Å². The maximum atomic E-state index is 12.9. The number of rotatable bonds is 5. The second kappa shape index (κ2) is 7.45. The van der Waals surface area contributed by atoms with Crippen molar-refractivity contribution in [2.24, 2.45) is 0 Å². The van der Waals surface area contributed by atoms with E-state index in [0.29, 0.717) is 12.1 Å². The summed E-state index contributed by atoms with van der Waals surface area (Å²) in [5.74, 6) is -0.239. The largest absolute Gasteiger partial charge is 0.396 e. The van der Waals surface area contributed by atoms with E-state index in [9.17, 15) is 14.7 Å². The average molecular weight is 330 g/mol. The van der Waals surface area contributed by atoms with E-state index < -0.39 is 0 Å². The standard InChI is InChI=1S/C19H26N2O3/c1-2-14-6-8-16(9-7-14)21-18(23)13-17(19(21)24)20-11-4-3-5-15(20)10-12-22/h6-9,15,17,22H,2-5,10-13H2,1H3/t15-,17+/m1/s1. The number of carbonyl (C=O) groups excluding carboxylic acids is 2. The van der Waals surface area contributed by atoms with Gasteiger partial charge in [0.1, 0.15) is 0 Å². The van der Waals surface area contributed by atoms with Crippen LogP contribution in [0.2, 0.25) is 0 Å². The summed E-state index contributed by atoms with van der Waals surface area (Å²) in [7, 11) is 0. The lowest BCUT2D eigenvalue weighted by Gasteiger charge is -2.38. The number of anilines is 1. The van der Waals surface area contributed by atoms with Crippen LogP contribution in [-0.2, 0) is 16.0 Å². The van der Waals surface area contributed by atoms with Crippen LogP contribution in [0.3, 0.4) is 0 Å². The van der Waals surface area contributed by atoms with Crippen LogP contribution in [0.5, 0.6) is 0 Å². The molecule has 2 saturated heterocycles. The molecule has 2 aliphatic heterocycles. The van der Waals surface area contributed by atoms with Crippen molar-refractivity contribution < 1.29 is 14.7 Å². The molecule has 1 aromatic carbocycles. The first kappa shape index (κ1) is 17.1. The SMILES string of the molecule is CCc1ccc(N2C(=O)C[C@H](N3CCCC[C@@H]3CCO)C2=O)cc1. The number of nitrogens with zero attached hydrogens (tertiary/aromatic N) is 2. The van der Waals surface area contributed by atoms with Crippen LogP contribution in [0.25, 0.3) is 0 Å². The fourth-order valence-electron chi connectivity index (χ4n) is 3.92. The van der Waals surface area contributed by atoms with Gasteiger partial charge in [0.2, 0.25) is 5.91 Å². The molecule has 2 atom stereocenters. The number of aryl methyl sites for hydroxylation is 1. The highest BCUT2D eigenvalue weighted by Gasteiger charge is 2.44. The molecule has 5 heteroatoms. The second-order valence-electron chi connectivity index (χ2n) is 6.71. The van der Waals surface area contributed by atoms with Crippen molar-refractivity contribution in [3.63, 3.8) is 0 Å². The third kappa shape index (κ3) is 3.23. The number of benzene rings is 1. The highest BCUT2D eigenvalue weighted by molar-refractivity contribution is 6.22. The quantitative estimate of drug-likeness (QED) is 0.840. The van der Waals surface area contributed by atoms with Crippen LogP contribution in [0, 0.1) is 0 Å². The first-order valence-corrected chi connectivity index (χ1v) is 8.98. The molecule has 3 rings (SSSR count). The number of piperidine rings is 1. The lowest BCUT2D eigenvalue weighted by Crippen LogP contribution is -2.50. The number of hydrogen-bond donors (Lipinski definition) is 1. The molecule has 1 N–H and O–H groups in total. The Balaban J connectivity index is 1.79. The van der Waals surface area contributed by atoms with Gasteiger partial charge in [0.25, 0.3) is 5.91 Å². The zero-order valence-corrected chi connectivity index (χ0v) is 14.3. The van der Waals surface area contributed by atoms with Crippen molar-refractivity contribution in [2.75, 3.05) is 18.1 Å². The van der Waals surface area contributed by atoms with Gasteiger partial charge in [0.15, 0.2) is 0 Å². The molecule has 2 heterocycles. The zero-order valence-electron chi connectivity index (χ0n) is 14.3. The molecular weight excluding hydrogens is 304 g/mol. The van der Waals surface area contributed by atoms with Gasteiger partial charge in [0, 0.05) is 12.6 Å². The van der Waals surface area contributed by atoms with Crippen molar-refractivity contribution in [3.05, 3.63) is 29.8 Å². The van der Waals surface area contributed by atoms with E-state index in [2.05, 4.69) is 11.8 Å². The van der Waals surface area contributed by atoms with Gasteiger partial charge in [-0.25, -0.2) is 4.90 Å². The fourth-order valence-corrected chi connectivity index (χ4v) is 3.92. The van der Waals surface area contributed by atoms with E-state index in [-0.39, 0.29) is 36.9 Å². The van der Waals surface area contributed by atoms with E-state index in [0.717, 1.165) is 32.2 Å². The predicted octanol–water partition coefficient (Wildman–Crippen LogP) is 2.12. The van der Waals surface area contributed by atoms with Crippen LogP contribution in [0.15, 0.2) is 24.3 Å². The van der Waals surface area contributed by atoms with E-state index in [1.807, 2.05) is 24.3 Å². The smallest absolute Gasteiger partial charge is 0.251 e. The van der Waals surface area contributed by atoms with Crippen molar-refractivity contribution in [3.8, 4) is 0 Å². The summed E-state index contributed by atoms with van der Waals surface area (Å²) < 4.78 is 0. The Morgan fingerprint density at radius 2 is 1.92 bits per heavy atom.